The van der Waals surface area contributed by atoms with Crippen LogP contribution in [0.2, 0.25) is 0 Å². The molecule has 0 radical (unpaired) electrons. The minimum absolute atomic E-state index is 0.0533. The van der Waals surface area contributed by atoms with Crippen molar-refractivity contribution in [2.45, 2.75) is 11.7 Å². The number of imidazole rings is 1. The number of halogens is 2. The first-order valence-corrected chi connectivity index (χ1v) is 9.45. The summed E-state index contributed by atoms with van der Waals surface area (Å²) in [5.41, 5.74) is 2.61. The molecule has 2 aromatic carbocycles. The molecular formula is C19H17F2N3OS. The van der Waals surface area contributed by atoms with Crippen molar-refractivity contribution in [2.75, 3.05) is 18.8 Å². The molecule has 1 aliphatic rings. The molecule has 1 amide bonds. The van der Waals surface area contributed by atoms with Gasteiger partial charge in [-0.15, -0.1) is 0 Å². The summed E-state index contributed by atoms with van der Waals surface area (Å²) in [6, 6.07) is 8.94. The van der Waals surface area contributed by atoms with Gasteiger partial charge in [-0.3, -0.25) is 4.79 Å². The van der Waals surface area contributed by atoms with E-state index in [0.717, 1.165) is 17.1 Å². The molecule has 1 aliphatic heterocycles. The minimum atomic E-state index is -0.438. The zero-order valence-electron chi connectivity index (χ0n) is 13.9. The van der Waals surface area contributed by atoms with E-state index in [0.29, 0.717) is 36.4 Å². The molecule has 1 fully saturated rings. The number of carbonyl (C=O) groups excluding carboxylic acids is 1. The van der Waals surface area contributed by atoms with E-state index in [4.69, 9.17) is 0 Å². The van der Waals surface area contributed by atoms with Crippen molar-refractivity contribution in [1.29, 1.82) is 0 Å². The van der Waals surface area contributed by atoms with Crippen LogP contribution >= 0.6 is 11.8 Å². The number of benzene rings is 2. The van der Waals surface area contributed by atoms with Gasteiger partial charge in [0.1, 0.15) is 11.6 Å². The van der Waals surface area contributed by atoms with E-state index in [2.05, 4.69) is 9.97 Å². The average molecular weight is 373 g/mol. The quantitative estimate of drug-likeness (QED) is 0.734. The van der Waals surface area contributed by atoms with Crippen LogP contribution in [0, 0.1) is 11.6 Å². The fourth-order valence-electron chi connectivity index (χ4n) is 3.23. The second kappa shape index (κ2) is 7.07. The van der Waals surface area contributed by atoms with Crippen molar-refractivity contribution in [3.63, 3.8) is 0 Å². The van der Waals surface area contributed by atoms with Crippen LogP contribution in [0.4, 0.5) is 8.78 Å². The van der Waals surface area contributed by atoms with Gasteiger partial charge in [-0.05, 0) is 42.8 Å². The molecule has 2 heterocycles. The van der Waals surface area contributed by atoms with Gasteiger partial charge < -0.3 is 9.88 Å². The normalized spacial score (nSPS) is 18.1. The molecular weight excluding hydrogens is 356 g/mol. The number of nitrogens with zero attached hydrogens (tertiary/aromatic N) is 2. The van der Waals surface area contributed by atoms with Crippen LogP contribution in [0.1, 0.15) is 27.6 Å². The molecule has 1 N–H and O–H groups in total. The summed E-state index contributed by atoms with van der Waals surface area (Å²) in [4.78, 5) is 21.8. The zero-order chi connectivity index (χ0) is 18.1. The largest absolute Gasteiger partial charge is 0.345 e. The summed E-state index contributed by atoms with van der Waals surface area (Å²) in [5.74, 6) is -0.207. The summed E-state index contributed by atoms with van der Waals surface area (Å²) in [7, 11) is 0. The Bertz CT molecular complexity index is 959. The van der Waals surface area contributed by atoms with E-state index in [1.54, 1.807) is 35.1 Å². The molecule has 0 aliphatic carbocycles. The number of hydrogen-bond acceptors (Lipinski definition) is 3. The maximum atomic E-state index is 14.1. The van der Waals surface area contributed by atoms with Crippen LogP contribution < -0.4 is 0 Å². The highest BCUT2D eigenvalue weighted by molar-refractivity contribution is 7.99. The highest BCUT2D eigenvalue weighted by atomic mass is 32.2. The monoisotopic (exact) mass is 373 g/mol. The van der Waals surface area contributed by atoms with Crippen LogP contribution in [-0.4, -0.2) is 39.6 Å². The molecule has 4 nitrogen and oxygen atoms in total. The maximum Gasteiger partial charge on any atom is 0.253 e. The van der Waals surface area contributed by atoms with Crippen molar-refractivity contribution in [3.05, 3.63) is 65.5 Å². The Morgan fingerprint density at radius 2 is 2.08 bits per heavy atom. The smallest absolute Gasteiger partial charge is 0.253 e. The first-order chi connectivity index (χ1) is 12.6. The molecule has 0 bridgehead atoms. The summed E-state index contributed by atoms with van der Waals surface area (Å²) >= 11 is 1.56. The van der Waals surface area contributed by atoms with Crippen LogP contribution in [-0.2, 0) is 0 Å². The Morgan fingerprint density at radius 1 is 1.19 bits per heavy atom. The molecule has 1 unspecified atom stereocenters. The fraction of sp³-hybridized carbons (Fsp3) is 0.263. The Balaban J connectivity index is 1.51. The fourth-order valence-corrected chi connectivity index (χ4v) is 4.48. The minimum Gasteiger partial charge on any atom is -0.345 e. The van der Waals surface area contributed by atoms with Gasteiger partial charge in [-0.25, -0.2) is 13.8 Å². The van der Waals surface area contributed by atoms with Crippen LogP contribution in [0.5, 0.6) is 0 Å². The lowest BCUT2D eigenvalue weighted by atomic mass is 10.1. The van der Waals surface area contributed by atoms with Gasteiger partial charge in [0, 0.05) is 35.2 Å². The Labute approximate surface area is 153 Å². The predicted molar refractivity (Wildman–Crippen MR) is 98.2 cm³/mol. The molecule has 7 heteroatoms. The van der Waals surface area contributed by atoms with E-state index in [1.165, 1.54) is 12.1 Å². The summed E-state index contributed by atoms with van der Waals surface area (Å²) in [6.45, 7) is 1.09. The molecule has 0 spiro atoms. The van der Waals surface area contributed by atoms with Gasteiger partial charge in [-0.2, -0.15) is 11.8 Å². The van der Waals surface area contributed by atoms with Crippen molar-refractivity contribution < 1.29 is 13.6 Å². The van der Waals surface area contributed by atoms with E-state index in [9.17, 15) is 13.6 Å². The molecule has 1 aromatic heterocycles. The number of amides is 1. The third-order valence-electron chi connectivity index (χ3n) is 4.60. The molecule has 1 atom stereocenters. The SMILES string of the molecule is O=C(c1ccc2nc[nH]c2c1)N1CCSC(c2cc(F)ccc2F)CC1. The van der Waals surface area contributed by atoms with Crippen molar-refractivity contribution >= 4 is 28.7 Å². The number of rotatable bonds is 2. The first-order valence-electron chi connectivity index (χ1n) is 8.41. The molecule has 1 saturated heterocycles. The van der Waals surface area contributed by atoms with E-state index < -0.39 is 11.6 Å². The summed E-state index contributed by atoms with van der Waals surface area (Å²) in [5, 5.41) is -0.154. The van der Waals surface area contributed by atoms with Gasteiger partial charge in [0.15, 0.2) is 0 Å². The number of aromatic nitrogens is 2. The Kier molecular flexibility index (Phi) is 4.63. The average Bonchev–Trinajstić information content (AvgIpc) is 2.98. The number of H-pyrrole nitrogens is 1. The zero-order valence-corrected chi connectivity index (χ0v) is 14.7. The molecule has 26 heavy (non-hydrogen) atoms. The third kappa shape index (κ3) is 3.31. The van der Waals surface area contributed by atoms with Gasteiger partial charge in [-0.1, -0.05) is 0 Å². The first kappa shape index (κ1) is 17.0. The Hall–Kier alpha value is -2.41. The second-order valence-corrected chi connectivity index (χ2v) is 7.55. The van der Waals surface area contributed by atoms with Crippen LogP contribution in [0.3, 0.4) is 0 Å². The number of nitrogens with one attached hydrogen (secondary N) is 1. The van der Waals surface area contributed by atoms with Crippen molar-refractivity contribution in [1.82, 2.24) is 14.9 Å². The van der Waals surface area contributed by atoms with Gasteiger partial charge in [0.25, 0.3) is 5.91 Å². The topological polar surface area (TPSA) is 49.0 Å². The van der Waals surface area contributed by atoms with Crippen LogP contribution in [0.25, 0.3) is 11.0 Å². The summed E-state index contributed by atoms with van der Waals surface area (Å²) in [6.07, 6.45) is 2.18. The molecule has 4 rings (SSSR count). The van der Waals surface area contributed by atoms with Crippen LogP contribution in [0.15, 0.2) is 42.7 Å². The molecule has 3 aromatic rings. The lowest BCUT2D eigenvalue weighted by Crippen LogP contribution is -2.32. The predicted octanol–water partition coefficient (Wildman–Crippen LogP) is 4.16. The van der Waals surface area contributed by atoms with E-state index in [-0.39, 0.29) is 11.2 Å². The number of hydrogen-bond donors (Lipinski definition) is 1. The molecule has 0 saturated carbocycles. The standard InChI is InChI=1S/C19H17F2N3OS/c20-13-2-3-15(21)14(10-13)18-5-6-24(7-8-26-18)19(25)12-1-4-16-17(9-12)23-11-22-16/h1-4,9-11,18H,5-8H2,(H,22,23). The van der Waals surface area contributed by atoms with Gasteiger partial charge >= 0.3 is 0 Å². The third-order valence-corrected chi connectivity index (χ3v) is 5.91. The van der Waals surface area contributed by atoms with Gasteiger partial charge in [0.2, 0.25) is 0 Å². The number of fused-ring (bicyclic) bond motifs is 1. The van der Waals surface area contributed by atoms with E-state index in [1.807, 2.05) is 6.07 Å². The number of aromatic amines is 1. The second-order valence-electron chi connectivity index (χ2n) is 6.24. The number of carbonyl (C=O) groups is 1. The lowest BCUT2D eigenvalue weighted by molar-refractivity contribution is 0.0766. The summed E-state index contributed by atoms with van der Waals surface area (Å²) < 4.78 is 27.5. The highest BCUT2D eigenvalue weighted by Crippen LogP contribution is 2.36. The van der Waals surface area contributed by atoms with Crippen molar-refractivity contribution in [3.8, 4) is 0 Å². The molecule has 134 valence electrons. The van der Waals surface area contributed by atoms with Crippen molar-refractivity contribution in [2.24, 2.45) is 0 Å². The Morgan fingerprint density at radius 3 is 2.96 bits per heavy atom. The maximum absolute atomic E-state index is 14.1. The van der Waals surface area contributed by atoms with E-state index >= 15 is 0 Å². The highest BCUT2D eigenvalue weighted by Gasteiger charge is 2.25. The number of thioether (sulfide) groups is 1. The van der Waals surface area contributed by atoms with Gasteiger partial charge in [0.05, 0.1) is 17.4 Å². The lowest BCUT2D eigenvalue weighted by Gasteiger charge is -2.20.